The van der Waals surface area contributed by atoms with Gasteiger partial charge in [-0.2, -0.15) is 5.26 Å². The van der Waals surface area contributed by atoms with Crippen molar-refractivity contribution in [3.05, 3.63) is 12.7 Å². The maximum Gasteiger partial charge on any atom is 0.426 e. The first kappa shape index (κ1) is 17.0. The molecule has 7 nitrogen and oxygen atoms in total. The number of nitriles is 1. The second-order valence-electron chi connectivity index (χ2n) is 4.29. The van der Waals surface area contributed by atoms with E-state index in [1.54, 1.807) is 0 Å². The molecule has 1 aliphatic rings. The van der Waals surface area contributed by atoms with E-state index in [2.05, 4.69) is 12.0 Å². The van der Waals surface area contributed by atoms with Crippen molar-refractivity contribution in [1.82, 2.24) is 10.4 Å². The van der Waals surface area contributed by atoms with Gasteiger partial charge in [0.1, 0.15) is 6.61 Å². The Bertz CT molecular complexity index is 461. The van der Waals surface area contributed by atoms with Gasteiger partial charge in [0.05, 0.1) is 18.5 Å². The van der Waals surface area contributed by atoms with E-state index in [4.69, 9.17) is 10.00 Å². The van der Waals surface area contributed by atoms with Gasteiger partial charge >= 0.3 is 6.09 Å². The van der Waals surface area contributed by atoms with Crippen LogP contribution in [0.5, 0.6) is 0 Å². The quantitative estimate of drug-likeness (QED) is 0.413. The van der Waals surface area contributed by atoms with Crippen LogP contribution >= 0.6 is 11.8 Å². The van der Waals surface area contributed by atoms with Crippen LogP contribution < -0.4 is 5.43 Å². The topological polar surface area (TPSA) is 99.5 Å². The SMILES string of the molecule is C=CCOC(=O)NN1C(=O)C[C@H]1CCC(=O)SCCC#N. The standard InChI is InChI=1S/C13H17N3O4S/c1-2-7-20-13(19)15-16-10(9-11(16)17)4-5-12(18)21-8-3-6-14/h2,10H,1,3-5,7-9H2,(H,15,19)/t10-/m1/s1. The zero-order chi connectivity index (χ0) is 15.7. The van der Waals surface area contributed by atoms with Gasteiger partial charge in [-0.05, 0) is 6.42 Å². The van der Waals surface area contributed by atoms with Crippen LogP contribution in [0, 0.1) is 11.3 Å². The van der Waals surface area contributed by atoms with Gasteiger partial charge in [-0.25, -0.2) is 15.2 Å². The minimum atomic E-state index is -0.720. The molecule has 0 spiro atoms. The van der Waals surface area contributed by atoms with Crippen LogP contribution in [0.1, 0.15) is 25.7 Å². The minimum Gasteiger partial charge on any atom is -0.444 e. The molecule has 1 saturated heterocycles. The Morgan fingerprint density at radius 2 is 2.38 bits per heavy atom. The van der Waals surface area contributed by atoms with Crippen molar-refractivity contribution >= 4 is 28.9 Å². The highest BCUT2D eigenvalue weighted by Crippen LogP contribution is 2.22. The summed E-state index contributed by atoms with van der Waals surface area (Å²) in [5, 5.41) is 9.55. The Balaban J connectivity index is 2.27. The van der Waals surface area contributed by atoms with Gasteiger partial charge < -0.3 is 4.74 Å². The summed E-state index contributed by atoms with van der Waals surface area (Å²) in [6.07, 6.45) is 2.12. The third-order valence-corrected chi connectivity index (χ3v) is 3.68. The molecule has 1 aliphatic heterocycles. The molecule has 2 amide bonds. The van der Waals surface area contributed by atoms with E-state index in [-0.39, 0.29) is 23.7 Å². The molecular formula is C13H17N3O4S. The predicted octanol–water partition coefficient (Wildman–Crippen LogP) is 1.37. The smallest absolute Gasteiger partial charge is 0.426 e. The first-order chi connectivity index (χ1) is 10.1. The van der Waals surface area contributed by atoms with Gasteiger partial charge in [0.15, 0.2) is 5.12 Å². The Kier molecular flexibility index (Phi) is 7.32. The Morgan fingerprint density at radius 3 is 3.00 bits per heavy atom. The van der Waals surface area contributed by atoms with Gasteiger partial charge in [-0.3, -0.25) is 9.59 Å². The lowest BCUT2D eigenvalue weighted by molar-refractivity contribution is -0.151. The zero-order valence-corrected chi connectivity index (χ0v) is 12.4. The van der Waals surface area contributed by atoms with Crippen molar-refractivity contribution < 1.29 is 19.1 Å². The van der Waals surface area contributed by atoms with Crippen molar-refractivity contribution in [2.75, 3.05) is 12.4 Å². The summed E-state index contributed by atoms with van der Waals surface area (Å²) < 4.78 is 4.72. The summed E-state index contributed by atoms with van der Waals surface area (Å²) in [5.74, 6) is 0.273. The Labute approximate surface area is 127 Å². The average molecular weight is 311 g/mol. The molecule has 1 fully saturated rings. The molecule has 1 atom stereocenters. The number of rotatable bonds is 8. The highest BCUT2D eigenvalue weighted by atomic mass is 32.2. The summed E-state index contributed by atoms with van der Waals surface area (Å²) in [4.78, 5) is 34.3. The molecule has 114 valence electrons. The summed E-state index contributed by atoms with van der Waals surface area (Å²) in [6, 6.07) is 1.78. The maximum absolute atomic E-state index is 11.5. The molecule has 0 unspecified atom stereocenters. The van der Waals surface area contributed by atoms with Gasteiger partial charge in [0.2, 0.25) is 5.91 Å². The number of nitrogens with one attached hydrogen (secondary N) is 1. The van der Waals surface area contributed by atoms with E-state index in [0.29, 0.717) is 31.4 Å². The lowest BCUT2D eigenvalue weighted by Crippen LogP contribution is -2.61. The second kappa shape index (κ2) is 9.02. The molecule has 0 radical (unpaired) electrons. The Hall–Kier alpha value is -2.01. The van der Waals surface area contributed by atoms with Crippen molar-refractivity contribution in [2.24, 2.45) is 0 Å². The van der Waals surface area contributed by atoms with E-state index < -0.39 is 6.09 Å². The number of nitrogens with zero attached hydrogens (tertiary/aromatic N) is 2. The van der Waals surface area contributed by atoms with Gasteiger partial charge in [-0.1, -0.05) is 24.4 Å². The predicted molar refractivity (Wildman–Crippen MR) is 76.9 cm³/mol. The molecule has 1 heterocycles. The molecule has 0 aromatic carbocycles. The number of carbonyl (C=O) groups is 3. The second-order valence-corrected chi connectivity index (χ2v) is 5.44. The maximum atomic E-state index is 11.5. The van der Waals surface area contributed by atoms with E-state index in [9.17, 15) is 14.4 Å². The van der Waals surface area contributed by atoms with Crippen LogP contribution in [-0.4, -0.2) is 40.5 Å². The third-order valence-electron chi connectivity index (χ3n) is 2.75. The number of hydrogen-bond donors (Lipinski definition) is 1. The fourth-order valence-electron chi connectivity index (χ4n) is 1.70. The van der Waals surface area contributed by atoms with Gasteiger partial charge in [-0.15, -0.1) is 0 Å². The number of carbonyl (C=O) groups excluding carboxylic acids is 3. The summed E-state index contributed by atoms with van der Waals surface area (Å²) >= 11 is 1.12. The monoisotopic (exact) mass is 311 g/mol. The summed E-state index contributed by atoms with van der Waals surface area (Å²) in [6.45, 7) is 3.47. The number of hydrogen-bond acceptors (Lipinski definition) is 6. The molecule has 1 rings (SSSR count). The van der Waals surface area contributed by atoms with E-state index >= 15 is 0 Å². The molecule has 8 heteroatoms. The molecule has 0 saturated carbocycles. The minimum absolute atomic E-state index is 0.0150. The molecule has 0 aromatic heterocycles. The molecular weight excluding hydrogens is 294 g/mol. The number of amides is 2. The van der Waals surface area contributed by atoms with Crippen LogP contribution in [-0.2, 0) is 14.3 Å². The van der Waals surface area contributed by atoms with E-state index in [1.165, 1.54) is 11.1 Å². The number of β-lactam (4-membered cyclic amide) rings is 1. The van der Waals surface area contributed by atoms with Crippen LogP contribution in [0.2, 0.25) is 0 Å². The normalized spacial score (nSPS) is 16.6. The molecule has 1 N–H and O–H groups in total. The van der Waals surface area contributed by atoms with Crippen molar-refractivity contribution in [3.8, 4) is 6.07 Å². The lowest BCUT2D eigenvalue weighted by Gasteiger charge is -2.39. The number of thioether (sulfide) groups is 1. The van der Waals surface area contributed by atoms with Crippen LogP contribution in [0.4, 0.5) is 4.79 Å². The third kappa shape index (κ3) is 5.87. The fourth-order valence-corrected chi connectivity index (χ4v) is 2.38. The van der Waals surface area contributed by atoms with Gasteiger partial charge in [0.25, 0.3) is 0 Å². The first-order valence-corrected chi connectivity index (χ1v) is 7.46. The lowest BCUT2D eigenvalue weighted by atomic mass is 10.00. The van der Waals surface area contributed by atoms with Crippen LogP contribution in [0.25, 0.3) is 0 Å². The van der Waals surface area contributed by atoms with Crippen molar-refractivity contribution in [2.45, 2.75) is 31.7 Å². The molecule has 21 heavy (non-hydrogen) atoms. The number of hydrazine groups is 1. The molecule has 0 aliphatic carbocycles. The summed E-state index contributed by atoms with van der Waals surface area (Å²) in [5.41, 5.74) is 2.34. The van der Waals surface area contributed by atoms with Crippen LogP contribution in [0.15, 0.2) is 12.7 Å². The summed E-state index contributed by atoms with van der Waals surface area (Å²) in [7, 11) is 0. The van der Waals surface area contributed by atoms with Crippen molar-refractivity contribution in [3.63, 3.8) is 0 Å². The van der Waals surface area contributed by atoms with E-state index in [0.717, 1.165) is 11.8 Å². The number of ether oxygens (including phenoxy) is 1. The average Bonchev–Trinajstić information content (AvgIpc) is 2.47. The van der Waals surface area contributed by atoms with Crippen molar-refractivity contribution in [1.29, 1.82) is 5.26 Å². The van der Waals surface area contributed by atoms with Crippen LogP contribution in [0.3, 0.4) is 0 Å². The highest BCUT2D eigenvalue weighted by Gasteiger charge is 2.37. The van der Waals surface area contributed by atoms with E-state index in [1.807, 2.05) is 6.07 Å². The largest absolute Gasteiger partial charge is 0.444 e. The molecule has 0 bridgehead atoms. The zero-order valence-electron chi connectivity index (χ0n) is 11.5. The van der Waals surface area contributed by atoms with Gasteiger partial charge in [0, 0.05) is 18.6 Å². The highest BCUT2D eigenvalue weighted by molar-refractivity contribution is 8.13. The Morgan fingerprint density at radius 1 is 1.62 bits per heavy atom. The molecule has 0 aromatic rings. The first-order valence-electron chi connectivity index (χ1n) is 6.47. The fraction of sp³-hybridized carbons (Fsp3) is 0.538.